The van der Waals surface area contributed by atoms with Crippen LogP contribution in [0.2, 0.25) is 0 Å². The summed E-state index contributed by atoms with van der Waals surface area (Å²) in [4.78, 5) is 21.4. The summed E-state index contributed by atoms with van der Waals surface area (Å²) in [7, 11) is 0. The first kappa shape index (κ1) is 8.77. The first-order valence-electron chi connectivity index (χ1n) is 3.80. The van der Waals surface area contributed by atoms with Crippen LogP contribution in [-0.2, 0) is 9.59 Å². The van der Waals surface area contributed by atoms with E-state index in [-0.39, 0.29) is 17.4 Å². The Balaban J connectivity index is 2.66. The third-order valence-corrected chi connectivity index (χ3v) is 1.88. The van der Waals surface area contributed by atoms with Gasteiger partial charge >= 0.3 is 5.97 Å². The number of rotatable bonds is 2. The van der Waals surface area contributed by atoms with Gasteiger partial charge < -0.3 is 10.4 Å². The SMILES string of the molecule is C/C(=C\C1CCNC1=O)C(=O)O. The molecule has 4 nitrogen and oxygen atoms in total. The number of amides is 1. The van der Waals surface area contributed by atoms with Crippen molar-refractivity contribution in [3.05, 3.63) is 11.6 Å². The van der Waals surface area contributed by atoms with E-state index in [1.54, 1.807) is 0 Å². The molecule has 1 atom stereocenters. The third kappa shape index (κ3) is 1.84. The van der Waals surface area contributed by atoms with E-state index < -0.39 is 5.97 Å². The Bertz CT molecular complexity index is 245. The molecule has 0 spiro atoms. The molecular formula is C8H11NO3. The lowest BCUT2D eigenvalue weighted by atomic mass is 10.1. The molecule has 0 radical (unpaired) electrons. The molecular weight excluding hydrogens is 158 g/mol. The van der Waals surface area contributed by atoms with Crippen LogP contribution in [-0.4, -0.2) is 23.5 Å². The molecule has 2 N–H and O–H groups in total. The van der Waals surface area contributed by atoms with Gasteiger partial charge in [0.2, 0.25) is 5.91 Å². The molecule has 66 valence electrons. The maximum atomic E-state index is 11.0. The molecule has 1 amide bonds. The van der Waals surface area contributed by atoms with E-state index in [0.29, 0.717) is 13.0 Å². The molecule has 1 rings (SSSR count). The highest BCUT2D eigenvalue weighted by molar-refractivity contribution is 5.89. The summed E-state index contributed by atoms with van der Waals surface area (Å²) in [6.07, 6.45) is 2.20. The molecule has 0 aromatic rings. The smallest absolute Gasteiger partial charge is 0.330 e. The minimum Gasteiger partial charge on any atom is -0.478 e. The van der Waals surface area contributed by atoms with Gasteiger partial charge in [-0.3, -0.25) is 4.79 Å². The summed E-state index contributed by atoms with van der Waals surface area (Å²) in [5, 5.41) is 11.2. The van der Waals surface area contributed by atoms with Crippen molar-refractivity contribution >= 4 is 11.9 Å². The maximum absolute atomic E-state index is 11.0. The molecule has 1 saturated heterocycles. The predicted octanol–water partition coefficient (Wildman–Crippen LogP) is 0.153. The quantitative estimate of drug-likeness (QED) is 0.578. The van der Waals surface area contributed by atoms with Crippen LogP contribution in [0.15, 0.2) is 11.6 Å². The summed E-state index contributed by atoms with van der Waals surface area (Å²) in [5.41, 5.74) is 0.233. The van der Waals surface area contributed by atoms with Gasteiger partial charge in [-0.25, -0.2) is 4.79 Å². The molecule has 1 fully saturated rings. The number of hydrogen-bond acceptors (Lipinski definition) is 2. The van der Waals surface area contributed by atoms with Gasteiger partial charge in [0, 0.05) is 12.1 Å². The van der Waals surface area contributed by atoms with Crippen molar-refractivity contribution in [2.45, 2.75) is 13.3 Å². The van der Waals surface area contributed by atoms with E-state index in [4.69, 9.17) is 5.11 Å². The third-order valence-electron chi connectivity index (χ3n) is 1.88. The molecule has 1 aliphatic heterocycles. The Morgan fingerprint density at radius 3 is 2.83 bits per heavy atom. The fourth-order valence-electron chi connectivity index (χ4n) is 1.15. The van der Waals surface area contributed by atoms with Crippen LogP contribution in [0.4, 0.5) is 0 Å². The summed E-state index contributed by atoms with van der Waals surface area (Å²) >= 11 is 0. The zero-order valence-electron chi connectivity index (χ0n) is 6.83. The molecule has 1 unspecified atom stereocenters. The van der Waals surface area contributed by atoms with Crippen LogP contribution in [0.25, 0.3) is 0 Å². The normalized spacial score (nSPS) is 23.9. The number of carbonyl (C=O) groups is 2. The van der Waals surface area contributed by atoms with Crippen LogP contribution in [0.1, 0.15) is 13.3 Å². The maximum Gasteiger partial charge on any atom is 0.330 e. The van der Waals surface area contributed by atoms with Crippen LogP contribution >= 0.6 is 0 Å². The molecule has 0 bridgehead atoms. The van der Waals surface area contributed by atoms with Crippen molar-refractivity contribution in [2.24, 2.45) is 5.92 Å². The lowest BCUT2D eigenvalue weighted by Crippen LogP contribution is -2.18. The lowest BCUT2D eigenvalue weighted by molar-refractivity contribution is -0.132. The van der Waals surface area contributed by atoms with Crippen molar-refractivity contribution in [1.29, 1.82) is 0 Å². The molecule has 0 aromatic heterocycles. The number of carboxylic acid groups (broad SMARTS) is 1. The second kappa shape index (κ2) is 3.38. The van der Waals surface area contributed by atoms with Gasteiger partial charge in [0.25, 0.3) is 0 Å². The summed E-state index contributed by atoms with van der Waals surface area (Å²) in [6.45, 7) is 2.14. The van der Waals surface area contributed by atoms with E-state index in [1.165, 1.54) is 13.0 Å². The van der Waals surface area contributed by atoms with E-state index >= 15 is 0 Å². The van der Waals surface area contributed by atoms with Crippen LogP contribution < -0.4 is 5.32 Å². The van der Waals surface area contributed by atoms with Crippen molar-refractivity contribution in [1.82, 2.24) is 5.32 Å². The Kier molecular flexibility index (Phi) is 2.47. The van der Waals surface area contributed by atoms with E-state index in [2.05, 4.69) is 5.32 Å². The number of carbonyl (C=O) groups excluding carboxylic acids is 1. The first-order chi connectivity index (χ1) is 5.61. The predicted molar refractivity (Wildman–Crippen MR) is 42.5 cm³/mol. The Labute approximate surface area is 70.3 Å². The molecule has 12 heavy (non-hydrogen) atoms. The fourth-order valence-corrected chi connectivity index (χ4v) is 1.15. The second-order valence-corrected chi connectivity index (χ2v) is 2.84. The minimum absolute atomic E-state index is 0.0735. The van der Waals surface area contributed by atoms with Gasteiger partial charge in [-0.2, -0.15) is 0 Å². The van der Waals surface area contributed by atoms with Gasteiger partial charge in [-0.15, -0.1) is 0 Å². The van der Waals surface area contributed by atoms with Gasteiger partial charge in [0.1, 0.15) is 0 Å². The Hall–Kier alpha value is -1.32. The highest BCUT2D eigenvalue weighted by atomic mass is 16.4. The standard InChI is InChI=1S/C8H11NO3/c1-5(8(11)12)4-6-2-3-9-7(6)10/h4,6H,2-3H2,1H3,(H,9,10)(H,11,12)/b5-4+. The Morgan fingerprint density at radius 2 is 2.42 bits per heavy atom. The molecule has 0 saturated carbocycles. The average molecular weight is 169 g/mol. The molecule has 4 heteroatoms. The molecule has 1 heterocycles. The highest BCUT2D eigenvalue weighted by Crippen LogP contribution is 2.13. The number of hydrogen-bond donors (Lipinski definition) is 2. The topological polar surface area (TPSA) is 66.4 Å². The van der Waals surface area contributed by atoms with Gasteiger partial charge in [-0.05, 0) is 13.3 Å². The van der Waals surface area contributed by atoms with Crippen molar-refractivity contribution in [3.8, 4) is 0 Å². The van der Waals surface area contributed by atoms with Gasteiger partial charge in [-0.1, -0.05) is 6.08 Å². The summed E-state index contributed by atoms with van der Waals surface area (Å²) < 4.78 is 0. The Morgan fingerprint density at radius 1 is 1.75 bits per heavy atom. The molecule has 0 aliphatic carbocycles. The van der Waals surface area contributed by atoms with E-state index in [1.807, 2.05) is 0 Å². The monoisotopic (exact) mass is 169 g/mol. The summed E-state index contributed by atoms with van der Waals surface area (Å²) in [5.74, 6) is -1.29. The molecule has 1 aliphatic rings. The van der Waals surface area contributed by atoms with Crippen molar-refractivity contribution in [2.75, 3.05) is 6.54 Å². The number of nitrogens with one attached hydrogen (secondary N) is 1. The fraction of sp³-hybridized carbons (Fsp3) is 0.500. The van der Waals surface area contributed by atoms with Crippen molar-refractivity contribution in [3.63, 3.8) is 0 Å². The van der Waals surface area contributed by atoms with Crippen LogP contribution in [0.3, 0.4) is 0 Å². The number of aliphatic carboxylic acids is 1. The van der Waals surface area contributed by atoms with Gasteiger partial charge in [0.15, 0.2) is 0 Å². The largest absolute Gasteiger partial charge is 0.478 e. The second-order valence-electron chi connectivity index (χ2n) is 2.84. The van der Waals surface area contributed by atoms with Crippen LogP contribution in [0.5, 0.6) is 0 Å². The van der Waals surface area contributed by atoms with Crippen LogP contribution in [0, 0.1) is 5.92 Å². The highest BCUT2D eigenvalue weighted by Gasteiger charge is 2.22. The average Bonchev–Trinajstić information content (AvgIpc) is 2.36. The zero-order valence-corrected chi connectivity index (χ0v) is 6.83. The number of carboxylic acids is 1. The van der Waals surface area contributed by atoms with E-state index in [9.17, 15) is 9.59 Å². The zero-order chi connectivity index (χ0) is 9.14. The minimum atomic E-state index is -0.963. The van der Waals surface area contributed by atoms with Crippen molar-refractivity contribution < 1.29 is 14.7 Å². The lowest BCUT2D eigenvalue weighted by Gasteiger charge is -1.99. The summed E-state index contributed by atoms with van der Waals surface area (Å²) in [6, 6.07) is 0. The molecule has 0 aromatic carbocycles. The van der Waals surface area contributed by atoms with Gasteiger partial charge in [0.05, 0.1) is 5.92 Å². The first-order valence-corrected chi connectivity index (χ1v) is 3.80. The van der Waals surface area contributed by atoms with E-state index in [0.717, 1.165) is 0 Å².